The van der Waals surface area contributed by atoms with Crippen LogP contribution in [0.4, 0.5) is 0 Å². The number of nitrogens with zero attached hydrogens (tertiary/aromatic N) is 1. The summed E-state index contributed by atoms with van der Waals surface area (Å²) in [5, 5.41) is 3.29. The third kappa shape index (κ3) is 3.62. The second kappa shape index (κ2) is 6.02. The van der Waals surface area contributed by atoms with Crippen LogP contribution in [0.1, 0.15) is 49.8 Å². The lowest BCUT2D eigenvalue weighted by atomic mass is 9.83. The van der Waals surface area contributed by atoms with Gasteiger partial charge < -0.3 is 5.32 Å². The molecule has 0 radical (unpaired) electrons. The molecule has 116 valence electrons. The van der Waals surface area contributed by atoms with Gasteiger partial charge >= 0.3 is 10.1 Å². The van der Waals surface area contributed by atoms with Gasteiger partial charge in [0.15, 0.2) is 5.03 Å². The Kier molecular flexibility index (Phi) is 4.28. The van der Waals surface area contributed by atoms with Gasteiger partial charge in [-0.15, -0.1) is 0 Å². The molecule has 0 amide bonds. The maximum absolute atomic E-state index is 11.2. The van der Waals surface area contributed by atoms with E-state index in [0.29, 0.717) is 6.04 Å². The van der Waals surface area contributed by atoms with Crippen LogP contribution >= 0.6 is 0 Å². The average molecular weight is 310 g/mol. The van der Waals surface area contributed by atoms with Crippen molar-refractivity contribution >= 4 is 10.1 Å². The molecule has 1 aromatic rings. The van der Waals surface area contributed by atoms with Crippen LogP contribution in [0.25, 0.3) is 0 Å². The standard InChI is InChI=1S/C15H22N2O3S/c18-21(19,20)15-7-6-12-10-16-13(9-14(12)17-15)8-11-4-2-1-3-5-11/h6-7,11,13,16H,1-5,8-10H2,(H,18,19,20). The molecule has 6 heteroatoms. The van der Waals surface area contributed by atoms with Gasteiger partial charge in [-0.25, -0.2) is 4.98 Å². The number of nitrogens with one attached hydrogen (secondary N) is 1. The van der Waals surface area contributed by atoms with Crippen LogP contribution in [-0.4, -0.2) is 24.0 Å². The van der Waals surface area contributed by atoms with E-state index in [1.54, 1.807) is 6.07 Å². The molecule has 2 heterocycles. The average Bonchev–Trinajstić information content (AvgIpc) is 2.46. The van der Waals surface area contributed by atoms with Crippen LogP contribution in [0.15, 0.2) is 17.2 Å². The Morgan fingerprint density at radius 1 is 1.24 bits per heavy atom. The van der Waals surface area contributed by atoms with Crippen LogP contribution in [0.5, 0.6) is 0 Å². The molecule has 1 aromatic heterocycles. The second-order valence-corrected chi connectivity index (χ2v) is 7.62. The van der Waals surface area contributed by atoms with Crippen molar-refractivity contribution in [2.24, 2.45) is 5.92 Å². The summed E-state index contributed by atoms with van der Waals surface area (Å²) in [6, 6.07) is 3.48. The highest BCUT2D eigenvalue weighted by Crippen LogP contribution is 2.29. The third-order valence-corrected chi connectivity index (χ3v) is 5.43. The van der Waals surface area contributed by atoms with Gasteiger partial charge in [0.2, 0.25) is 0 Å². The summed E-state index contributed by atoms with van der Waals surface area (Å²) in [5.74, 6) is 0.780. The van der Waals surface area contributed by atoms with E-state index < -0.39 is 10.1 Å². The van der Waals surface area contributed by atoms with E-state index in [1.807, 2.05) is 0 Å². The molecule has 0 aromatic carbocycles. The minimum atomic E-state index is -4.21. The first-order valence-electron chi connectivity index (χ1n) is 7.72. The smallest absolute Gasteiger partial charge is 0.309 e. The minimum Gasteiger partial charge on any atom is -0.309 e. The molecule has 3 rings (SSSR count). The van der Waals surface area contributed by atoms with E-state index in [0.717, 1.165) is 36.6 Å². The first kappa shape index (κ1) is 14.9. The quantitative estimate of drug-likeness (QED) is 0.838. The lowest BCUT2D eigenvalue weighted by Gasteiger charge is -2.30. The summed E-state index contributed by atoms with van der Waals surface area (Å²) < 4.78 is 31.5. The van der Waals surface area contributed by atoms with E-state index in [1.165, 1.54) is 38.2 Å². The summed E-state index contributed by atoms with van der Waals surface area (Å²) in [4.78, 5) is 4.15. The summed E-state index contributed by atoms with van der Waals surface area (Å²) >= 11 is 0. The number of rotatable bonds is 3. The lowest BCUT2D eigenvalue weighted by Crippen LogP contribution is -2.38. The molecule has 1 fully saturated rings. The predicted molar refractivity (Wildman–Crippen MR) is 79.6 cm³/mol. The molecule has 1 atom stereocenters. The van der Waals surface area contributed by atoms with Crippen molar-refractivity contribution in [2.75, 3.05) is 0 Å². The lowest BCUT2D eigenvalue weighted by molar-refractivity contribution is 0.289. The van der Waals surface area contributed by atoms with Gasteiger partial charge in [0.05, 0.1) is 0 Å². The normalized spacial score (nSPS) is 23.8. The Hall–Kier alpha value is -0.980. The highest BCUT2D eigenvalue weighted by Gasteiger charge is 2.25. The molecule has 5 nitrogen and oxygen atoms in total. The number of aromatic nitrogens is 1. The molecule has 1 saturated carbocycles. The van der Waals surface area contributed by atoms with E-state index in [-0.39, 0.29) is 5.03 Å². The summed E-state index contributed by atoms with van der Waals surface area (Å²) in [6.45, 7) is 0.728. The Bertz CT molecular complexity index is 609. The summed E-state index contributed by atoms with van der Waals surface area (Å²) in [6.07, 6.45) is 8.52. The second-order valence-electron chi connectivity index (χ2n) is 6.25. The maximum atomic E-state index is 11.2. The van der Waals surface area contributed by atoms with Crippen molar-refractivity contribution in [1.29, 1.82) is 0 Å². The van der Waals surface area contributed by atoms with Crippen molar-refractivity contribution in [3.05, 3.63) is 23.4 Å². The van der Waals surface area contributed by atoms with Crippen LogP contribution < -0.4 is 5.32 Å². The maximum Gasteiger partial charge on any atom is 0.312 e. The van der Waals surface area contributed by atoms with Crippen LogP contribution in [-0.2, 0) is 23.1 Å². The monoisotopic (exact) mass is 310 g/mol. The molecule has 0 bridgehead atoms. The number of fused-ring (bicyclic) bond motifs is 1. The van der Waals surface area contributed by atoms with Gasteiger partial charge in [0, 0.05) is 24.7 Å². The Balaban J connectivity index is 1.71. The van der Waals surface area contributed by atoms with Gasteiger partial charge in [0.1, 0.15) is 0 Å². The first-order chi connectivity index (χ1) is 10.0. The van der Waals surface area contributed by atoms with E-state index in [9.17, 15) is 8.42 Å². The van der Waals surface area contributed by atoms with Gasteiger partial charge in [-0.3, -0.25) is 4.55 Å². The zero-order valence-electron chi connectivity index (χ0n) is 12.1. The molecule has 1 aliphatic carbocycles. The van der Waals surface area contributed by atoms with Gasteiger partial charge in [-0.2, -0.15) is 8.42 Å². The van der Waals surface area contributed by atoms with Gasteiger partial charge in [0.25, 0.3) is 0 Å². The van der Waals surface area contributed by atoms with Crippen molar-refractivity contribution in [1.82, 2.24) is 10.3 Å². The Morgan fingerprint density at radius 2 is 2.00 bits per heavy atom. The zero-order valence-corrected chi connectivity index (χ0v) is 12.9. The van der Waals surface area contributed by atoms with Crippen LogP contribution in [0.2, 0.25) is 0 Å². The molecule has 0 spiro atoms. The Labute approximate surface area is 125 Å². The summed E-state index contributed by atoms with van der Waals surface area (Å²) in [7, 11) is -4.21. The number of hydrogen-bond donors (Lipinski definition) is 2. The van der Waals surface area contributed by atoms with Crippen molar-refractivity contribution in [3.8, 4) is 0 Å². The summed E-state index contributed by atoms with van der Waals surface area (Å²) in [5.41, 5.74) is 1.84. The molecule has 1 aliphatic heterocycles. The Morgan fingerprint density at radius 3 is 2.71 bits per heavy atom. The minimum absolute atomic E-state index is 0.237. The van der Waals surface area contributed by atoms with Crippen molar-refractivity contribution in [3.63, 3.8) is 0 Å². The highest BCUT2D eigenvalue weighted by atomic mass is 32.2. The fourth-order valence-corrected chi connectivity index (χ4v) is 4.01. The van der Waals surface area contributed by atoms with E-state index >= 15 is 0 Å². The van der Waals surface area contributed by atoms with Gasteiger partial charge in [-0.1, -0.05) is 38.2 Å². The molecule has 1 unspecified atom stereocenters. The van der Waals surface area contributed by atoms with Crippen molar-refractivity contribution < 1.29 is 13.0 Å². The molecule has 2 aliphatic rings. The first-order valence-corrected chi connectivity index (χ1v) is 9.16. The fourth-order valence-electron chi connectivity index (χ4n) is 3.54. The predicted octanol–water partition coefficient (Wildman–Crippen LogP) is 2.31. The zero-order chi connectivity index (χ0) is 14.9. The third-order valence-electron chi connectivity index (χ3n) is 4.67. The van der Waals surface area contributed by atoms with E-state index in [2.05, 4.69) is 10.3 Å². The number of pyridine rings is 1. The highest BCUT2D eigenvalue weighted by molar-refractivity contribution is 7.85. The number of hydrogen-bond acceptors (Lipinski definition) is 4. The molecular formula is C15H22N2O3S. The van der Waals surface area contributed by atoms with E-state index in [4.69, 9.17) is 4.55 Å². The van der Waals surface area contributed by atoms with Crippen molar-refractivity contribution in [2.45, 2.75) is 62.6 Å². The molecule has 2 N–H and O–H groups in total. The van der Waals surface area contributed by atoms with Crippen LogP contribution in [0, 0.1) is 5.92 Å². The largest absolute Gasteiger partial charge is 0.312 e. The van der Waals surface area contributed by atoms with Gasteiger partial charge in [-0.05, 0) is 24.0 Å². The molecular weight excluding hydrogens is 288 g/mol. The topological polar surface area (TPSA) is 79.3 Å². The SMILES string of the molecule is O=S(=O)(O)c1ccc2c(n1)CC(CC1CCCCC1)NC2. The molecule has 0 saturated heterocycles. The molecule has 21 heavy (non-hydrogen) atoms. The fraction of sp³-hybridized carbons (Fsp3) is 0.667. The van der Waals surface area contributed by atoms with Crippen LogP contribution in [0.3, 0.4) is 0 Å².